The number of amides is 1. The van der Waals surface area contributed by atoms with E-state index in [-0.39, 0.29) is 12.5 Å². The first-order chi connectivity index (χ1) is 13.6. The first-order valence-corrected chi connectivity index (χ1v) is 10.1. The molecule has 0 saturated carbocycles. The predicted molar refractivity (Wildman–Crippen MR) is 111 cm³/mol. The van der Waals surface area contributed by atoms with Crippen LogP contribution < -0.4 is 10.1 Å². The van der Waals surface area contributed by atoms with E-state index in [0.717, 1.165) is 11.3 Å². The number of carbonyl (C=O) groups is 1. The Balaban J connectivity index is 1.63. The van der Waals surface area contributed by atoms with Crippen LogP contribution in [-0.4, -0.2) is 29.1 Å². The molecule has 3 rings (SSSR count). The highest BCUT2D eigenvalue weighted by Gasteiger charge is 2.25. The van der Waals surface area contributed by atoms with Gasteiger partial charge in [-0.2, -0.15) is 0 Å². The second kappa shape index (κ2) is 9.48. The van der Waals surface area contributed by atoms with Crippen molar-refractivity contribution >= 4 is 17.2 Å². The molecule has 0 bridgehead atoms. The summed E-state index contributed by atoms with van der Waals surface area (Å²) < 4.78 is 5.79. The van der Waals surface area contributed by atoms with E-state index in [1.54, 1.807) is 23.7 Å². The molecule has 3 aromatic rings. The fourth-order valence-corrected chi connectivity index (χ4v) is 3.44. The minimum Gasteiger partial charge on any atom is -0.486 e. The summed E-state index contributed by atoms with van der Waals surface area (Å²) in [5.41, 5.74) is 3.72. The quantitative estimate of drug-likeness (QED) is 0.579. The average molecular weight is 397 g/mol. The van der Waals surface area contributed by atoms with Gasteiger partial charge in [0.25, 0.3) is 5.91 Å². The highest BCUT2D eigenvalue weighted by Crippen LogP contribution is 2.23. The molecular formula is C22H24N2O3S. The zero-order chi connectivity index (χ0) is 19.8. The van der Waals surface area contributed by atoms with Crippen molar-refractivity contribution < 1.29 is 14.6 Å². The van der Waals surface area contributed by atoms with Crippen LogP contribution in [0.5, 0.6) is 5.75 Å². The van der Waals surface area contributed by atoms with Crippen molar-refractivity contribution in [2.24, 2.45) is 5.41 Å². The Labute approximate surface area is 169 Å². The SMILES string of the molecule is CC(CO)(CNC(=O)c1ccccc1OCc1cscn1)Cc1ccccc1. The second-order valence-electron chi connectivity index (χ2n) is 7.08. The van der Waals surface area contributed by atoms with Gasteiger partial charge in [-0.15, -0.1) is 11.3 Å². The molecule has 2 aromatic carbocycles. The lowest BCUT2D eigenvalue weighted by Gasteiger charge is -2.28. The third kappa shape index (κ3) is 5.41. The van der Waals surface area contributed by atoms with E-state index in [1.165, 1.54) is 11.3 Å². The van der Waals surface area contributed by atoms with Gasteiger partial charge < -0.3 is 15.2 Å². The smallest absolute Gasteiger partial charge is 0.255 e. The van der Waals surface area contributed by atoms with Crippen LogP contribution in [0.1, 0.15) is 28.5 Å². The van der Waals surface area contributed by atoms with Gasteiger partial charge in [0.2, 0.25) is 0 Å². The second-order valence-corrected chi connectivity index (χ2v) is 7.80. The van der Waals surface area contributed by atoms with Crippen molar-refractivity contribution in [2.45, 2.75) is 20.0 Å². The van der Waals surface area contributed by atoms with Crippen LogP contribution >= 0.6 is 11.3 Å². The zero-order valence-corrected chi connectivity index (χ0v) is 16.6. The Morgan fingerprint density at radius 3 is 2.64 bits per heavy atom. The highest BCUT2D eigenvalue weighted by atomic mass is 32.1. The molecule has 1 aromatic heterocycles. The van der Waals surface area contributed by atoms with Crippen LogP contribution in [0.25, 0.3) is 0 Å². The summed E-state index contributed by atoms with van der Waals surface area (Å²) in [5.74, 6) is 0.295. The lowest BCUT2D eigenvalue weighted by Crippen LogP contribution is -2.39. The van der Waals surface area contributed by atoms with Crippen LogP contribution in [0.3, 0.4) is 0 Å². The normalized spacial score (nSPS) is 12.9. The summed E-state index contributed by atoms with van der Waals surface area (Å²) in [5, 5.41) is 14.8. The zero-order valence-electron chi connectivity index (χ0n) is 15.8. The van der Waals surface area contributed by atoms with Crippen LogP contribution in [-0.2, 0) is 13.0 Å². The summed E-state index contributed by atoms with van der Waals surface area (Å²) in [7, 11) is 0. The summed E-state index contributed by atoms with van der Waals surface area (Å²) >= 11 is 1.51. The number of ether oxygens (including phenoxy) is 1. The lowest BCUT2D eigenvalue weighted by atomic mass is 9.84. The molecule has 1 unspecified atom stereocenters. The molecule has 0 fully saturated rings. The van der Waals surface area contributed by atoms with E-state index in [9.17, 15) is 9.90 Å². The van der Waals surface area contributed by atoms with E-state index < -0.39 is 5.41 Å². The lowest BCUT2D eigenvalue weighted by molar-refractivity contribution is 0.0891. The molecule has 0 spiro atoms. The monoisotopic (exact) mass is 396 g/mol. The molecule has 2 N–H and O–H groups in total. The molecule has 0 radical (unpaired) electrons. The van der Waals surface area contributed by atoms with Crippen LogP contribution in [0.4, 0.5) is 0 Å². The molecule has 0 aliphatic heterocycles. The number of nitrogens with zero attached hydrogens (tertiary/aromatic N) is 1. The number of rotatable bonds is 9. The maximum Gasteiger partial charge on any atom is 0.255 e. The average Bonchev–Trinajstić information content (AvgIpc) is 3.25. The van der Waals surface area contributed by atoms with Crippen molar-refractivity contribution in [1.29, 1.82) is 0 Å². The summed E-state index contributed by atoms with van der Waals surface area (Å²) in [6, 6.07) is 17.1. The number of para-hydroxylation sites is 1. The molecule has 0 aliphatic rings. The van der Waals surface area contributed by atoms with Gasteiger partial charge in [0.1, 0.15) is 12.4 Å². The van der Waals surface area contributed by atoms with Gasteiger partial charge in [-0.25, -0.2) is 4.98 Å². The minimum atomic E-state index is -0.451. The largest absolute Gasteiger partial charge is 0.486 e. The predicted octanol–water partition coefficient (Wildman–Crippen LogP) is 3.69. The summed E-state index contributed by atoms with van der Waals surface area (Å²) in [4.78, 5) is 16.9. The first-order valence-electron chi connectivity index (χ1n) is 9.11. The first kappa shape index (κ1) is 20.0. The van der Waals surface area contributed by atoms with Crippen molar-refractivity contribution in [2.75, 3.05) is 13.2 Å². The maximum atomic E-state index is 12.8. The summed E-state index contributed by atoms with van der Waals surface area (Å²) in [6.07, 6.45) is 0.673. The van der Waals surface area contributed by atoms with Crippen molar-refractivity contribution in [3.8, 4) is 5.75 Å². The molecule has 1 atom stereocenters. The van der Waals surface area contributed by atoms with Gasteiger partial charge in [0.15, 0.2) is 0 Å². The number of carbonyl (C=O) groups excluding carboxylic acids is 1. The number of benzene rings is 2. The van der Waals surface area contributed by atoms with Gasteiger partial charge in [0.05, 0.1) is 23.4 Å². The van der Waals surface area contributed by atoms with E-state index in [2.05, 4.69) is 10.3 Å². The third-order valence-corrected chi connectivity index (χ3v) is 5.16. The molecule has 1 heterocycles. The topological polar surface area (TPSA) is 71.5 Å². The standard InChI is InChI=1S/C22H24N2O3S/c1-22(15-25,11-17-7-3-2-4-8-17)14-23-21(26)19-9-5-6-10-20(19)27-12-18-13-28-16-24-18/h2-10,13,16,25H,11-12,14-15H2,1H3,(H,23,26). The van der Waals surface area contributed by atoms with E-state index in [1.807, 2.05) is 48.7 Å². The van der Waals surface area contributed by atoms with Crippen LogP contribution in [0.2, 0.25) is 0 Å². The van der Waals surface area contributed by atoms with Gasteiger partial charge in [0, 0.05) is 17.3 Å². The van der Waals surface area contributed by atoms with E-state index in [4.69, 9.17) is 4.74 Å². The molecule has 146 valence electrons. The van der Waals surface area contributed by atoms with Crippen molar-refractivity contribution in [1.82, 2.24) is 10.3 Å². The molecule has 28 heavy (non-hydrogen) atoms. The van der Waals surface area contributed by atoms with Crippen LogP contribution in [0, 0.1) is 5.41 Å². The Kier molecular flexibility index (Phi) is 6.79. The highest BCUT2D eigenvalue weighted by molar-refractivity contribution is 7.07. The van der Waals surface area contributed by atoms with Crippen molar-refractivity contribution in [3.05, 3.63) is 82.3 Å². The number of aliphatic hydroxyl groups excluding tert-OH is 1. The molecule has 0 aliphatic carbocycles. The maximum absolute atomic E-state index is 12.8. The number of nitrogens with one attached hydrogen (secondary N) is 1. The van der Waals surface area contributed by atoms with Gasteiger partial charge in [-0.05, 0) is 24.1 Å². The molecule has 5 nitrogen and oxygen atoms in total. The molecule has 0 saturated heterocycles. The minimum absolute atomic E-state index is 0.0237. The van der Waals surface area contributed by atoms with Gasteiger partial charge in [-0.1, -0.05) is 49.4 Å². The molecule has 6 heteroatoms. The van der Waals surface area contributed by atoms with E-state index >= 15 is 0 Å². The van der Waals surface area contributed by atoms with Gasteiger partial charge in [-0.3, -0.25) is 4.79 Å². The fourth-order valence-electron chi connectivity index (χ4n) is 2.89. The number of hydrogen-bond acceptors (Lipinski definition) is 5. The molecular weight excluding hydrogens is 372 g/mol. The third-order valence-electron chi connectivity index (χ3n) is 4.52. The number of aliphatic hydroxyl groups is 1. The Hall–Kier alpha value is -2.70. The molecule has 1 amide bonds. The van der Waals surface area contributed by atoms with Crippen molar-refractivity contribution in [3.63, 3.8) is 0 Å². The van der Waals surface area contributed by atoms with Crippen LogP contribution in [0.15, 0.2) is 65.5 Å². The fraction of sp³-hybridized carbons (Fsp3) is 0.273. The van der Waals surface area contributed by atoms with Gasteiger partial charge >= 0.3 is 0 Å². The van der Waals surface area contributed by atoms with E-state index in [0.29, 0.717) is 30.9 Å². The Morgan fingerprint density at radius 1 is 1.18 bits per heavy atom. The number of aromatic nitrogens is 1. The number of hydrogen-bond donors (Lipinski definition) is 2. The Bertz CT molecular complexity index is 884. The Morgan fingerprint density at radius 2 is 1.93 bits per heavy atom. The summed E-state index contributed by atoms with van der Waals surface area (Å²) in [6.45, 7) is 2.61. The number of thiazole rings is 1.